The topological polar surface area (TPSA) is 50.4 Å². The fourth-order valence-corrected chi connectivity index (χ4v) is 3.78. The second-order valence-corrected chi connectivity index (χ2v) is 7.62. The van der Waals surface area contributed by atoms with Crippen LogP contribution < -0.4 is 10.6 Å². The van der Waals surface area contributed by atoms with E-state index in [2.05, 4.69) is 10.6 Å². The number of carbonyl (C=O) groups excluding carboxylic acids is 1. The molecule has 128 valence electrons. The van der Waals surface area contributed by atoms with Gasteiger partial charge in [0.15, 0.2) is 0 Å². The molecule has 6 heteroatoms. The summed E-state index contributed by atoms with van der Waals surface area (Å²) in [4.78, 5) is 13.2. The van der Waals surface area contributed by atoms with E-state index in [1.165, 1.54) is 0 Å². The summed E-state index contributed by atoms with van der Waals surface area (Å²) in [5.74, 6) is 0.882. The molecule has 2 N–H and O–H groups in total. The fraction of sp³-hybridized carbons (Fsp3) is 0.588. The van der Waals surface area contributed by atoms with Gasteiger partial charge in [-0.05, 0) is 50.2 Å². The van der Waals surface area contributed by atoms with Crippen LogP contribution in [0.25, 0.3) is 0 Å². The number of thioether (sulfide) groups is 1. The molecule has 23 heavy (non-hydrogen) atoms. The number of rotatable bonds is 8. The molecule has 1 heterocycles. The lowest BCUT2D eigenvalue weighted by molar-refractivity contribution is -0.121. The third-order valence-corrected chi connectivity index (χ3v) is 5.45. The van der Waals surface area contributed by atoms with E-state index >= 15 is 0 Å². The van der Waals surface area contributed by atoms with Crippen molar-refractivity contribution in [2.24, 2.45) is 5.41 Å². The maximum atomic E-state index is 12.1. The van der Waals surface area contributed by atoms with E-state index in [0.717, 1.165) is 41.6 Å². The molecule has 0 radical (unpaired) electrons. The highest BCUT2D eigenvalue weighted by Gasteiger charge is 2.32. The molecule has 0 aliphatic carbocycles. The largest absolute Gasteiger partial charge is 0.384 e. The standard InChI is InChI=1S/C17H25ClN2O2S/c1-22-13-17(7-9-19-10-8-17)12-20-16(21)6-11-23-15-4-2-14(18)3-5-15/h2-5,19H,6-13H2,1H3,(H,20,21). The van der Waals surface area contributed by atoms with Crippen molar-refractivity contribution >= 4 is 29.3 Å². The number of piperidine rings is 1. The van der Waals surface area contributed by atoms with Crippen molar-refractivity contribution in [3.63, 3.8) is 0 Å². The van der Waals surface area contributed by atoms with Gasteiger partial charge in [0.2, 0.25) is 5.91 Å². The Kier molecular flexibility index (Phi) is 7.70. The molecule has 2 rings (SSSR count). The lowest BCUT2D eigenvalue weighted by atomic mass is 9.79. The smallest absolute Gasteiger partial charge is 0.220 e. The van der Waals surface area contributed by atoms with Crippen molar-refractivity contribution in [3.05, 3.63) is 29.3 Å². The number of carbonyl (C=O) groups is 1. The van der Waals surface area contributed by atoms with Crippen molar-refractivity contribution in [2.75, 3.05) is 39.1 Å². The summed E-state index contributed by atoms with van der Waals surface area (Å²) in [7, 11) is 1.73. The zero-order valence-corrected chi connectivity index (χ0v) is 15.1. The summed E-state index contributed by atoms with van der Waals surface area (Å²) < 4.78 is 5.37. The van der Waals surface area contributed by atoms with Gasteiger partial charge in [0.25, 0.3) is 0 Å². The molecule has 1 aliphatic rings. The van der Waals surface area contributed by atoms with E-state index in [1.807, 2.05) is 24.3 Å². The highest BCUT2D eigenvalue weighted by Crippen LogP contribution is 2.28. The summed E-state index contributed by atoms with van der Waals surface area (Å²) in [5, 5.41) is 7.19. The van der Waals surface area contributed by atoms with Crippen molar-refractivity contribution < 1.29 is 9.53 Å². The number of nitrogens with one attached hydrogen (secondary N) is 2. The number of hydrogen-bond acceptors (Lipinski definition) is 4. The molecule has 0 bridgehead atoms. The third-order valence-electron chi connectivity index (χ3n) is 4.19. The predicted molar refractivity (Wildman–Crippen MR) is 96.2 cm³/mol. The van der Waals surface area contributed by atoms with E-state index in [0.29, 0.717) is 19.6 Å². The molecule has 0 unspecified atom stereocenters. The first-order valence-corrected chi connectivity index (χ1v) is 9.35. The first-order valence-electron chi connectivity index (χ1n) is 7.98. The minimum Gasteiger partial charge on any atom is -0.384 e. The first-order chi connectivity index (χ1) is 11.1. The van der Waals surface area contributed by atoms with Gasteiger partial charge in [-0.1, -0.05) is 11.6 Å². The first kappa shape index (κ1) is 18.6. The number of hydrogen-bond donors (Lipinski definition) is 2. The number of halogens is 1. The Bertz CT molecular complexity index is 484. The summed E-state index contributed by atoms with van der Waals surface area (Å²) in [5.41, 5.74) is 0.0823. The normalized spacial score (nSPS) is 17.0. The molecule has 0 saturated carbocycles. The van der Waals surface area contributed by atoms with Crippen LogP contribution in [0.15, 0.2) is 29.2 Å². The summed E-state index contributed by atoms with van der Waals surface area (Å²) in [6, 6.07) is 7.70. The van der Waals surface area contributed by atoms with Gasteiger partial charge in [0.05, 0.1) is 6.61 Å². The highest BCUT2D eigenvalue weighted by atomic mass is 35.5. The molecule has 4 nitrogen and oxygen atoms in total. The van der Waals surface area contributed by atoms with Gasteiger partial charge in [0, 0.05) is 41.2 Å². The van der Waals surface area contributed by atoms with Crippen LogP contribution in [0.5, 0.6) is 0 Å². The lowest BCUT2D eigenvalue weighted by Gasteiger charge is -2.37. The Hall–Kier alpha value is -0.750. The molecule has 1 aliphatic heterocycles. The van der Waals surface area contributed by atoms with E-state index in [4.69, 9.17) is 16.3 Å². The van der Waals surface area contributed by atoms with Crippen LogP contribution in [0.3, 0.4) is 0 Å². The van der Waals surface area contributed by atoms with Gasteiger partial charge < -0.3 is 15.4 Å². The molecule has 1 fully saturated rings. The molecule has 0 spiro atoms. The molecular weight excluding hydrogens is 332 g/mol. The molecule has 0 atom stereocenters. The van der Waals surface area contributed by atoms with E-state index in [-0.39, 0.29) is 11.3 Å². The minimum absolute atomic E-state index is 0.0823. The Labute approximate surface area is 147 Å². The molecular formula is C17H25ClN2O2S. The van der Waals surface area contributed by atoms with Crippen LogP contribution in [-0.4, -0.2) is 45.0 Å². The monoisotopic (exact) mass is 356 g/mol. The van der Waals surface area contributed by atoms with Crippen molar-refractivity contribution in [1.29, 1.82) is 0 Å². The van der Waals surface area contributed by atoms with Gasteiger partial charge in [-0.3, -0.25) is 4.79 Å². The molecule has 1 aromatic carbocycles. The Morgan fingerprint density at radius 2 is 2.04 bits per heavy atom. The SMILES string of the molecule is COCC1(CNC(=O)CCSc2ccc(Cl)cc2)CCNCC1. The van der Waals surface area contributed by atoms with Crippen LogP contribution in [0.2, 0.25) is 5.02 Å². The molecule has 1 saturated heterocycles. The molecule has 1 amide bonds. The Balaban J connectivity index is 1.70. The minimum atomic E-state index is 0.0823. The van der Waals surface area contributed by atoms with E-state index in [9.17, 15) is 4.79 Å². The maximum Gasteiger partial charge on any atom is 0.220 e. The van der Waals surface area contributed by atoms with Gasteiger partial charge in [-0.25, -0.2) is 0 Å². The van der Waals surface area contributed by atoms with Gasteiger partial charge in [0.1, 0.15) is 0 Å². The van der Waals surface area contributed by atoms with Crippen LogP contribution >= 0.6 is 23.4 Å². The van der Waals surface area contributed by atoms with Gasteiger partial charge in [-0.2, -0.15) is 0 Å². The number of benzene rings is 1. The van der Waals surface area contributed by atoms with Crippen LogP contribution in [0.4, 0.5) is 0 Å². The van der Waals surface area contributed by atoms with Crippen LogP contribution in [-0.2, 0) is 9.53 Å². The fourth-order valence-electron chi connectivity index (χ4n) is 2.80. The summed E-state index contributed by atoms with van der Waals surface area (Å²) in [6.45, 7) is 3.39. The summed E-state index contributed by atoms with van der Waals surface area (Å²) in [6.07, 6.45) is 2.61. The zero-order chi connectivity index (χ0) is 16.5. The second kappa shape index (κ2) is 9.52. The number of amides is 1. The number of methoxy groups -OCH3 is 1. The second-order valence-electron chi connectivity index (χ2n) is 6.01. The Morgan fingerprint density at radius 3 is 2.70 bits per heavy atom. The van der Waals surface area contributed by atoms with Crippen LogP contribution in [0, 0.1) is 5.41 Å². The third kappa shape index (κ3) is 6.34. The van der Waals surface area contributed by atoms with Gasteiger partial charge >= 0.3 is 0 Å². The summed E-state index contributed by atoms with van der Waals surface area (Å²) >= 11 is 7.54. The van der Waals surface area contributed by atoms with Gasteiger partial charge in [-0.15, -0.1) is 11.8 Å². The highest BCUT2D eigenvalue weighted by molar-refractivity contribution is 7.99. The quantitative estimate of drug-likeness (QED) is 0.703. The van der Waals surface area contributed by atoms with Crippen molar-refractivity contribution in [1.82, 2.24) is 10.6 Å². The number of ether oxygens (including phenoxy) is 1. The van der Waals surface area contributed by atoms with Crippen molar-refractivity contribution in [2.45, 2.75) is 24.2 Å². The average Bonchev–Trinajstić information content (AvgIpc) is 2.56. The van der Waals surface area contributed by atoms with E-state index < -0.39 is 0 Å². The zero-order valence-electron chi connectivity index (χ0n) is 13.6. The van der Waals surface area contributed by atoms with Crippen LogP contribution in [0.1, 0.15) is 19.3 Å². The molecule has 1 aromatic rings. The predicted octanol–water partition coefficient (Wildman–Crippen LogP) is 2.95. The lowest BCUT2D eigenvalue weighted by Crippen LogP contribution is -2.47. The maximum absolute atomic E-state index is 12.1. The Morgan fingerprint density at radius 1 is 1.35 bits per heavy atom. The average molecular weight is 357 g/mol. The van der Waals surface area contributed by atoms with Crippen molar-refractivity contribution in [3.8, 4) is 0 Å². The molecule has 0 aromatic heterocycles. The van der Waals surface area contributed by atoms with E-state index in [1.54, 1.807) is 18.9 Å².